The Balaban J connectivity index is 1.33. The molecule has 0 radical (unpaired) electrons. The lowest BCUT2D eigenvalue weighted by molar-refractivity contribution is -0.131. The van der Waals surface area contributed by atoms with Gasteiger partial charge in [0.2, 0.25) is 5.91 Å². The summed E-state index contributed by atoms with van der Waals surface area (Å²) in [4.78, 5) is 23.4. The van der Waals surface area contributed by atoms with Crippen molar-refractivity contribution in [1.29, 1.82) is 0 Å². The van der Waals surface area contributed by atoms with Crippen LogP contribution >= 0.6 is 11.6 Å². The van der Waals surface area contributed by atoms with Crippen molar-refractivity contribution in [2.24, 2.45) is 0 Å². The van der Waals surface area contributed by atoms with E-state index in [1.807, 2.05) is 41.4 Å². The van der Waals surface area contributed by atoms with Crippen LogP contribution < -0.4 is 4.74 Å². The van der Waals surface area contributed by atoms with Crippen LogP contribution in [0.3, 0.4) is 0 Å². The minimum atomic E-state index is 0.284. The third-order valence-electron chi connectivity index (χ3n) is 6.03. The molecule has 0 aliphatic carbocycles. The number of hydrogen-bond donors (Lipinski definition) is 0. The van der Waals surface area contributed by atoms with E-state index in [4.69, 9.17) is 16.3 Å². The molecule has 0 bridgehead atoms. The van der Waals surface area contributed by atoms with Gasteiger partial charge in [0.1, 0.15) is 12.4 Å². The number of likely N-dealkylation sites (tertiary alicyclic amines) is 1. The first-order valence-corrected chi connectivity index (χ1v) is 11.6. The molecule has 2 saturated heterocycles. The second kappa shape index (κ2) is 10.9. The monoisotopic (exact) mass is 442 g/mol. The van der Waals surface area contributed by atoms with Gasteiger partial charge in [-0.2, -0.15) is 0 Å². The largest absolute Gasteiger partial charge is 0.489 e. The number of pyridine rings is 1. The molecule has 2 aliphatic rings. The lowest BCUT2D eigenvalue weighted by atomic mass is 10.1. The predicted molar refractivity (Wildman–Crippen MR) is 122 cm³/mol. The zero-order chi connectivity index (χ0) is 21.5. The Bertz CT molecular complexity index is 858. The first-order chi connectivity index (χ1) is 15.2. The van der Waals surface area contributed by atoms with Gasteiger partial charge in [0.15, 0.2) is 0 Å². The number of nitrogens with zero attached hydrogens (tertiary/aromatic N) is 4. The maximum absolute atomic E-state index is 12.5. The van der Waals surface area contributed by atoms with Crippen molar-refractivity contribution >= 4 is 17.5 Å². The fraction of sp³-hybridized carbons (Fsp3) is 0.500. The number of rotatable bonds is 7. The van der Waals surface area contributed by atoms with Crippen molar-refractivity contribution in [3.05, 3.63) is 58.9 Å². The first kappa shape index (κ1) is 22.1. The van der Waals surface area contributed by atoms with Crippen LogP contribution in [0.2, 0.25) is 5.02 Å². The molecule has 2 fully saturated rings. The Morgan fingerprint density at radius 3 is 2.61 bits per heavy atom. The average Bonchev–Trinajstić information content (AvgIpc) is 3.24. The molecular weight excluding hydrogens is 412 g/mol. The van der Waals surface area contributed by atoms with Gasteiger partial charge in [-0.1, -0.05) is 17.7 Å². The van der Waals surface area contributed by atoms with E-state index in [1.165, 1.54) is 0 Å². The highest BCUT2D eigenvalue weighted by Crippen LogP contribution is 2.26. The molecule has 0 atom stereocenters. The lowest BCUT2D eigenvalue weighted by Gasteiger charge is -2.24. The first-order valence-electron chi connectivity index (χ1n) is 11.2. The van der Waals surface area contributed by atoms with E-state index in [9.17, 15) is 4.79 Å². The summed E-state index contributed by atoms with van der Waals surface area (Å²) in [5, 5.41) is 0.719. The highest BCUT2D eigenvalue weighted by Gasteiger charge is 2.22. The summed E-state index contributed by atoms with van der Waals surface area (Å²) in [6, 6.07) is 9.75. The Kier molecular flexibility index (Phi) is 7.78. The minimum absolute atomic E-state index is 0.284. The predicted octanol–water partition coefficient (Wildman–Crippen LogP) is 3.44. The Morgan fingerprint density at radius 1 is 1.00 bits per heavy atom. The number of halogens is 1. The second-order valence-corrected chi connectivity index (χ2v) is 8.83. The summed E-state index contributed by atoms with van der Waals surface area (Å²) >= 11 is 6.29. The number of hydrogen-bond acceptors (Lipinski definition) is 5. The highest BCUT2D eigenvalue weighted by molar-refractivity contribution is 6.30. The summed E-state index contributed by atoms with van der Waals surface area (Å²) < 4.78 is 6.10. The maximum Gasteiger partial charge on any atom is 0.236 e. The van der Waals surface area contributed by atoms with Crippen LogP contribution in [0.4, 0.5) is 0 Å². The van der Waals surface area contributed by atoms with Crippen LogP contribution in [0.25, 0.3) is 0 Å². The van der Waals surface area contributed by atoms with Crippen molar-refractivity contribution < 1.29 is 9.53 Å². The quantitative estimate of drug-likeness (QED) is 0.657. The van der Waals surface area contributed by atoms with E-state index < -0.39 is 0 Å². The van der Waals surface area contributed by atoms with Crippen LogP contribution in [0, 0.1) is 0 Å². The number of ether oxygens (including phenoxy) is 1. The normalized spacial score (nSPS) is 18.2. The lowest BCUT2D eigenvalue weighted by Crippen LogP contribution is -2.40. The molecule has 4 rings (SSSR count). The summed E-state index contributed by atoms with van der Waals surface area (Å²) in [5.74, 6) is 1.14. The summed E-state index contributed by atoms with van der Waals surface area (Å²) in [6.45, 7) is 7.48. The van der Waals surface area contributed by atoms with Crippen LogP contribution in [-0.4, -0.2) is 71.4 Å². The van der Waals surface area contributed by atoms with E-state index >= 15 is 0 Å². The van der Waals surface area contributed by atoms with Gasteiger partial charge in [0.25, 0.3) is 0 Å². The summed E-state index contributed by atoms with van der Waals surface area (Å²) in [7, 11) is 0. The third kappa shape index (κ3) is 6.42. The van der Waals surface area contributed by atoms with Crippen LogP contribution in [0.15, 0.2) is 42.7 Å². The van der Waals surface area contributed by atoms with E-state index in [0.717, 1.165) is 87.0 Å². The molecule has 1 amide bonds. The van der Waals surface area contributed by atoms with Crippen molar-refractivity contribution in [3.63, 3.8) is 0 Å². The fourth-order valence-corrected chi connectivity index (χ4v) is 4.49. The molecule has 0 spiro atoms. The summed E-state index contributed by atoms with van der Waals surface area (Å²) in [5.41, 5.74) is 2.13. The molecule has 2 aliphatic heterocycles. The standard InChI is InChI=1S/C24H31ClN4O2/c25-22-6-7-23(31-19-20-5-3-8-26-16-20)21(15-22)17-27-9-4-10-28(14-13-27)18-24(30)29-11-1-2-12-29/h3,5-8,15-16H,1-2,4,9-14,17-19H2. The van der Waals surface area contributed by atoms with Gasteiger partial charge in [-0.05, 0) is 56.6 Å². The van der Waals surface area contributed by atoms with Gasteiger partial charge in [-0.3, -0.25) is 19.6 Å². The molecule has 0 unspecified atom stereocenters. The van der Waals surface area contributed by atoms with Crippen LogP contribution in [-0.2, 0) is 17.9 Å². The van der Waals surface area contributed by atoms with E-state index in [-0.39, 0.29) is 5.91 Å². The van der Waals surface area contributed by atoms with Crippen molar-refractivity contribution in [1.82, 2.24) is 19.7 Å². The SMILES string of the molecule is O=C(CN1CCCN(Cc2cc(Cl)ccc2OCc2cccnc2)CC1)N1CCCC1. The Labute approximate surface area is 189 Å². The zero-order valence-electron chi connectivity index (χ0n) is 18.0. The Hall–Kier alpha value is -2.15. The topological polar surface area (TPSA) is 48.9 Å². The van der Waals surface area contributed by atoms with Gasteiger partial charge in [-0.25, -0.2) is 0 Å². The number of aromatic nitrogens is 1. The molecule has 0 N–H and O–H groups in total. The van der Waals surface area contributed by atoms with Crippen molar-refractivity contribution in [3.8, 4) is 5.75 Å². The molecule has 31 heavy (non-hydrogen) atoms. The number of carbonyl (C=O) groups excluding carboxylic acids is 1. The second-order valence-electron chi connectivity index (χ2n) is 8.40. The third-order valence-corrected chi connectivity index (χ3v) is 6.27. The van der Waals surface area contributed by atoms with Gasteiger partial charge in [0, 0.05) is 61.3 Å². The van der Waals surface area contributed by atoms with Crippen molar-refractivity contribution in [2.75, 3.05) is 45.8 Å². The molecule has 0 saturated carbocycles. The highest BCUT2D eigenvalue weighted by atomic mass is 35.5. The number of benzene rings is 1. The Morgan fingerprint density at radius 2 is 1.81 bits per heavy atom. The van der Waals surface area contributed by atoms with Gasteiger partial charge in [-0.15, -0.1) is 0 Å². The van der Waals surface area contributed by atoms with E-state index in [2.05, 4.69) is 14.8 Å². The van der Waals surface area contributed by atoms with E-state index in [0.29, 0.717) is 13.2 Å². The molecule has 7 heteroatoms. The fourth-order valence-electron chi connectivity index (χ4n) is 4.30. The molecule has 2 aromatic rings. The molecule has 3 heterocycles. The molecular formula is C24H31ClN4O2. The summed E-state index contributed by atoms with van der Waals surface area (Å²) in [6.07, 6.45) is 6.93. The van der Waals surface area contributed by atoms with Crippen molar-refractivity contribution in [2.45, 2.75) is 32.4 Å². The molecule has 166 valence electrons. The van der Waals surface area contributed by atoms with Gasteiger partial charge < -0.3 is 9.64 Å². The molecule has 1 aromatic heterocycles. The molecule has 6 nitrogen and oxygen atoms in total. The number of amides is 1. The van der Waals surface area contributed by atoms with Crippen LogP contribution in [0.5, 0.6) is 5.75 Å². The molecule has 1 aromatic carbocycles. The average molecular weight is 443 g/mol. The smallest absolute Gasteiger partial charge is 0.236 e. The van der Waals surface area contributed by atoms with E-state index in [1.54, 1.807) is 6.20 Å². The van der Waals surface area contributed by atoms with Crippen LogP contribution in [0.1, 0.15) is 30.4 Å². The zero-order valence-corrected chi connectivity index (χ0v) is 18.8. The number of carbonyl (C=O) groups is 1. The van der Waals surface area contributed by atoms with Gasteiger partial charge in [0.05, 0.1) is 6.54 Å². The minimum Gasteiger partial charge on any atom is -0.489 e. The maximum atomic E-state index is 12.5. The van der Waals surface area contributed by atoms with Gasteiger partial charge >= 0.3 is 0 Å².